The molecule has 0 unspecified atom stereocenters. The third kappa shape index (κ3) is 5.09. The van der Waals surface area contributed by atoms with E-state index in [0.717, 1.165) is 16.0 Å². The fraction of sp³-hybridized carbons (Fsp3) is 0.471. The second kappa shape index (κ2) is 8.31. The normalized spacial score (nSPS) is 12.9. The molecule has 1 N–H and O–H groups in total. The molecule has 6 heteroatoms. The molecule has 1 aromatic carbocycles. The Balaban J connectivity index is 2.76. The molecule has 0 fully saturated rings. The van der Waals surface area contributed by atoms with Crippen molar-refractivity contribution in [1.82, 2.24) is 10.2 Å². The molecule has 0 aliphatic rings. The van der Waals surface area contributed by atoms with Crippen LogP contribution in [-0.4, -0.2) is 36.0 Å². The molecular formula is C17H24N2O4. The summed E-state index contributed by atoms with van der Waals surface area (Å²) in [6.45, 7) is 6.86. The minimum absolute atomic E-state index is 0.308. The molecule has 0 aromatic heterocycles. The number of benzene rings is 1. The van der Waals surface area contributed by atoms with Gasteiger partial charge in [-0.1, -0.05) is 29.8 Å². The van der Waals surface area contributed by atoms with Gasteiger partial charge in [-0.2, -0.15) is 0 Å². The Morgan fingerprint density at radius 1 is 1.17 bits per heavy atom. The largest absolute Gasteiger partial charge is 0.469 e. The predicted octanol–water partition coefficient (Wildman–Crippen LogP) is 2.25. The molecule has 1 rings (SSSR count). The lowest BCUT2D eigenvalue weighted by atomic mass is 10.0. The monoisotopic (exact) mass is 320 g/mol. The Bertz CT molecular complexity index is 568. The fourth-order valence-electron chi connectivity index (χ4n) is 2.19. The van der Waals surface area contributed by atoms with Crippen molar-refractivity contribution in [3.63, 3.8) is 0 Å². The molecule has 0 saturated heterocycles. The molecule has 126 valence electrons. The summed E-state index contributed by atoms with van der Waals surface area (Å²) in [6, 6.07) is 6.60. The van der Waals surface area contributed by atoms with Crippen molar-refractivity contribution in [3.8, 4) is 0 Å². The van der Waals surface area contributed by atoms with Gasteiger partial charge in [0.1, 0.15) is 0 Å². The number of hydrogen-bond donors (Lipinski definition) is 1. The van der Waals surface area contributed by atoms with Crippen LogP contribution < -0.4 is 5.32 Å². The van der Waals surface area contributed by atoms with E-state index in [1.54, 1.807) is 13.8 Å². The van der Waals surface area contributed by atoms with Crippen molar-refractivity contribution in [2.45, 2.75) is 40.3 Å². The maximum atomic E-state index is 12.3. The lowest BCUT2D eigenvalue weighted by molar-refractivity contribution is -0.147. The van der Waals surface area contributed by atoms with Crippen molar-refractivity contribution in [2.24, 2.45) is 5.92 Å². The van der Waals surface area contributed by atoms with Gasteiger partial charge >= 0.3 is 12.0 Å². The molecule has 1 aromatic rings. The summed E-state index contributed by atoms with van der Waals surface area (Å²) in [7, 11) is 1.28. The van der Waals surface area contributed by atoms with Crippen LogP contribution in [0.5, 0.6) is 0 Å². The number of rotatable bonds is 5. The lowest BCUT2D eigenvalue weighted by Crippen LogP contribution is -2.51. The van der Waals surface area contributed by atoms with E-state index in [1.807, 2.05) is 31.2 Å². The van der Waals surface area contributed by atoms with Crippen LogP contribution in [0.15, 0.2) is 24.3 Å². The molecule has 0 saturated carbocycles. The Morgan fingerprint density at radius 3 is 2.22 bits per heavy atom. The van der Waals surface area contributed by atoms with Gasteiger partial charge in [0.15, 0.2) is 0 Å². The Hall–Kier alpha value is -2.37. The van der Waals surface area contributed by atoms with Gasteiger partial charge in [-0.15, -0.1) is 0 Å². The average Bonchev–Trinajstić information content (AvgIpc) is 2.52. The van der Waals surface area contributed by atoms with E-state index in [2.05, 4.69) is 10.1 Å². The Morgan fingerprint density at radius 2 is 1.74 bits per heavy atom. The lowest BCUT2D eigenvalue weighted by Gasteiger charge is -2.29. The fourth-order valence-corrected chi connectivity index (χ4v) is 2.19. The number of carbonyl (C=O) groups excluding carboxylic acids is 3. The summed E-state index contributed by atoms with van der Waals surface area (Å²) in [5.41, 5.74) is 2.06. The van der Waals surface area contributed by atoms with Crippen molar-refractivity contribution >= 4 is 17.9 Å². The van der Waals surface area contributed by atoms with Gasteiger partial charge in [-0.3, -0.25) is 14.5 Å². The van der Waals surface area contributed by atoms with Gasteiger partial charge < -0.3 is 10.1 Å². The summed E-state index contributed by atoms with van der Waals surface area (Å²) in [5, 5.41) is 2.71. The molecule has 0 heterocycles. The molecule has 0 aliphatic heterocycles. The van der Waals surface area contributed by atoms with Crippen molar-refractivity contribution in [2.75, 3.05) is 7.11 Å². The summed E-state index contributed by atoms with van der Waals surface area (Å²) in [6.07, 6.45) is 0. The highest BCUT2D eigenvalue weighted by Gasteiger charge is 2.32. The maximum absolute atomic E-state index is 12.3. The second-order valence-electron chi connectivity index (χ2n) is 5.59. The van der Waals surface area contributed by atoms with E-state index in [4.69, 9.17) is 0 Å². The van der Waals surface area contributed by atoms with Crippen LogP contribution in [0.1, 0.15) is 31.9 Å². The minimum Gasteiger partial charge on any atom is -0.469 e. The third-order valence-corrected chi connectivity index (χ3v) is 3.83. The number of nitrogens with one attached hydrogen (secondary N) is 1. The molecular weight excluding hydrogens is 296 g/mol. The van der Waals surface area contributed by atoms with E-state index >= 15 is 0 Å². The number of hydrogen-bond acceptors (Lipinski definition) is 4. The number of methoxy groups -OCH3 is 1. The number of nitrogens with zero attached hydrogens (tertiary/aromatic N) is 1. The zero-order valence-electron chi connectivity index (χ0n) is 14.3. The van der Waals surface area contributed by atoms with Gasteiger partial charge in [-0.25, -0.2) is 4.79 Å². The van der Waals surface area contributed by atoms with Crippen molar-refractivity contribution < 1.29 is 19.1 Å². The zero-order valence-corrected chi connectivity index (χ0v) is 14.3. The number of esters is 1. The van der Waals surface area contributed by atoms with E-state index in [-0.39, 0.29) is 0 Å². The van der Waals surface area contributed by atoms with E-state index in [1.165, 1.54) is 14.0 Å². The number of urea groups is 1. The first-order valence-corrected chi connectivity index (χ1v) is 7.49. The zero-order chi connectivity index (χ0) is 17.6. The highest BCUT2D eigenvalue weighted by atomic mass is 16.5. The van der Waals surface area contributed by atoms with Crippen LogP contribution in [0.25, 0.3) is 0 Å². The second-order valence-corrected chi connectivity index (χ2v) is 5.59. The highest BCUT2D eigenvalue weighted by molar-refractivity contribution is 5.94. The quantitative estimate of drug-likeness (QED) is 0.844. The molecule has 3 amide bonds. The van der Waals surface area contributed by atoms with E-state index < -0.39 is 29.9 Å². The Labute approximate surface area is 136 Å². The van der Waals surface area contributed by atoms with Crippen LogP contribution in [0.4, 0.5) is 4.79 Å². The summed E-state index contributed by atoms with van der Waals surface area (Å²) in [5.74, 6) is -1.49. The number of imide groups is 1. The molecule has 2 atom stereocenters. The average molecular weight is 320 g/mol. The van der Waals surface area contributed by atoms with Gasteiger partial charge in [0.05, 0.1) is 19.1 Å². The number of amides is 3. The van der Waals surface area contributed by atoms with E-state index in [0.29, 0.717) is 6.54 Å². The molecule has 0 aliphatic carbocycles. The van der Waals surface area contributed by atoms with Crippen LogP contribution in [0, 0.1) is 12.8 Å². The minimum atomic E-state index is -0.603. The molecule has 6 nitrogen and oxygen atoms in total. The van der Waals surface area contributed by atoms with E-state index in [9.17, 15) is 14.4 Å². The van der Waals surface area contributed by atoms with Crippen LogP contribution >= 0.6 is 0 Å². The number of carbonyl (C=O) groups is 3. The van der Waals surface area contributed by atoms with Gasteiger partial charge in [0.25, 0.3) is 0 Å². The van der Waals surface area contributed by atoms with Gasteiger partial charge in [0, 0.05) is 13.5 Å². The summed E-state index contributed by atoms with van der Waals surface area (Å²) >= 11 is 0. The first-order valence-electron chi connectivity index (χ1n) is 7.49. The summed E-state index contributed by atoms with van der Waals surface area (Å²) < 4.78 is 4.67. The standard InChI is InChI=1S/C17H24N2O4/c1-11-6-8-15(9-7-11)10-18-17(22)19(14(4)20)13(3)12(2)16(21)23-5/h6-9,12-13H,10H2,1-5H3,(H,18,22)/t12-,13+/m0/s1. The third-order valence-electron chi connectivity index (χ3n) is 3.83. The maximum Gasteiger partial charge on any atom is 0.324 e. The molecule has 23 heavy (non-hydrogen) atoms. The van der Waals surface area contributed by atoms with Gasteiger partial charge in [0.2, 0.25) is 5.91 Å². The highest BCUT2D eigenvalue weighted by Crippen LogP contribution is 2.13. The first kappa shape index (κ1) is 18.7. The molecule has 0 bridgehead atoms. The predicted molar refractivity (Wildman–Crippen MR) is 86.6 cm³/mol. The smallest absolute Gasteiger partial charge is 0.324 e. The first-order chi connectivity index (χ1) is 10.8. The molecule has 0 spiro atoms. The number of aryl methyl sites for hydroxylation is 1. The number of ether oxygens (including phenoxy) is 1. The topological polar surface area (TPSA) is 75.7 Å². The van der Waals surface area contributed by atoms with Crippen molar-refractivity contribution in [1.29, 1.82) is 0 Å². The summed E-state index contributed by atoms with van der Waals surface area (Å²) in [4.78, 5) is 36.8. The SMILES string of the molecule is COC(=O)[C@@H](C)[C@@H](C)N(C(C)=O)C(=O)NCc1ccc(C)cc1. The molecule has 0 radical (unpaired) electrons. The van der Waals surface area contributed by atoms with Crippen LogP contribution in [-0.2, 0) is 20.9 Å². The van der Waals surface area contributed by atoms with Gasteiger partial charge in [-0.05, 0) is 26.3 Å². The van der Waals surface area contributed by atoms with Crippen molar-refractivity contribution in [3.05, 3.63) is 35.4 Å². The van der Waals surface area contributed by atoms with Crippen LogP contribution in [0.3, 0.4) is 0 Å². The Kier molecular flexibility index (Phi) is 6.75. The van der Waals surface area contributed by atoms with Crippen LogP contribution in [0.2, 0.25) is 0 Å².